The molecule has 0 saturated heterocycles. The zero-order valence-corrected chi connectivity index (χ0v) is 22.8. The van der Waals surface area contributed by atoms with Crippen molar-refractivity contribution in [3.8, 4) is 5.75 Å². The number of ether oxygens (including phenoxy) is 2. The molecule has 2 aromatic carbocycles. The minimum atomic E-state index is -0.554. The summed E-state index contributed by atoms with van der Waals surface area (Å²) in [4.78, 5) is 12.7. The van der Waals surface area contributed by atoms with Crippen LogP contribution in [0.25, 0.3) is 0 Å². The van der Waals surface area contributed by atoms with Crippen LogP contribution in [-0.4, -0.2) is 37.4 Å². The highest BCUT2D eigenvalue weighted by molar-refractivity contribution is 5.72. The van der Waals surface area contributed by atoms with E-state index in [0.29, 0.717) is 6.42 Å². The second-order valence-electron chi connectivity index (χ2n) is 10.5. The second-order valence-corrected chi connectivity index (χ2v) is 10.5. The lowest BCUT2D eigenvalue weighted by Gasteiger charge is -2.31. The van der Waals surface area contributed by atoms with E-state index in [1.807, 2.05) is 32.0 Å². The largest absolute Gasteiger partial charge is 0.455 e. The van der Waals surface area contributed by atoms with Gasteiger partial charge in [0.2, 0.25) is 6.29 Å². The number of carbonyl (C=O) groups excluding carboxylic acids is 1. The summed E-state index contributed by atoms with van der Waals surface area (Å²) < 4.78 is 12.5. The monoisotopic (exact) mass is 482 g/mol. The molecule has 0 bridgehead atoms. The number of nitrogens with zero attached hydrogens (tertiary/aromatic N) is 1. The molecular formula is C31H48NO3+. The number of esters is 1. The Kier molecular flexibility index (Phi) is 12.9. The lowest BCUT2D eigenvalue weighted by atomic mass is 10.0. The standard InChI is InChI=1S/C31H48NO3/c1-6-8-9-10-11-13-16-27-19-21-29(22-20-27)34-30(7-2)35-31(33)26(3)23-24-32(4,5)25-28-17-14-12-15-18-28/h12,14-15,17-22,26,30H,6-11,13,16,23-25H2,1-5H3/q+1. The fourth-order valence-electron chi connectivity index (χ4n) is 4.25. The average Bonchev–Trinajstić information content (AvgIpc) is 2.85. The molecule has 2 aromatic rings. The number of unbranched alkanes of at least 4 members (excludes halogenated alkanes) is 5. The van der Waals surface area contributed by atoms with E-state index in [1.54, 1.807) is 0 Å². The van der Waals surface area contributed by atoms with Crippen molar-refractivity contribution in [2.75, 3.05) is 20.6 Å². The van der Waals surface area contributed by atoms with Crippen LogP contribution >= 0.6 is 0 Å². The summed E-state index contributed by atoms with van der Waals surface area (Å²) in [6.45, 7) is 8.04. The Morgan fingerprint density at radius 2 is 1.51 bits per heavy atom. The molecule has 4 heteroatoms. The topological polar surface area (TPSA) is 35.5 Å². The van der Waals surface area contributed by atoms with Crippen LogP contribution < -0.4 is 4.74 Å². The Hall–Kier alpha value is -2.33. The first-order valence-corrected chi connectivity index (χ1v) is 13.6. The van der Waals surface area contributed by atoms with E-state index >= 15 is 0 Å². The van der Waals surface area contributed by atoms with Gasteiger partial charge in [-0.3, -0.25) is 4.79 Å². The number of aryl methyl sites for hydroxylation is 1. The molecule has 2 rings (SSSR count). The van der Waals surface area contributed by atoms with E-state index in [2.05, 4.69) is 57.4 Å². The second kappa shape index (κ2) is 15.6. The number of hydrogen-bond acceptors (Lipinski definition) is 3. The highest BCUT2D eigenvalue weighted by Gasteiger charge is 2.24. The molecule has 0 aliphatic carbocycles. The average molecular weight is 483 g/mol. The molecule has 0 aromatic heterocycles. The first kappa shape index (κ1) is 28.9. The van der Waals surface area contributed by atoms with Crippen LogP contribution in [0.4, 0.5) is 0 Å². The third-order valence-corrected chi connectivity index (χ3v) is 6.61. The fourth-order valence-corrected chi connectivity index (χ4v) is 4.25. The first-order valence-electron chi connectivity index (χ1n) is 13.6. The summed E-state index contributed by atoms with van der Waals surface area (Å²) in [6.07, 6.45) is 9.81. The number of carbonyl (C=O) groups is 1. The summed E-state index contributed by atoms with van der Waals surface area (Å²) in [5, 5.41) is 0. The maximum absolute atomic E-state index is 12.7. The van der Waals surface area contributed by atoms with Crippen molar-refractivity contribution in [1.82, 2.24) is 0 Å². The summed E-state index contributed by atoms with van der Waals surface area (Å²) in [5.41, 5.74) is 2.65. The third-order valence-electron chi connectivity index (χ3n) is 6.61. The zero-order valence-electron chi connectivity index (χ0n) is 22.8. The molecule has 2 unspecified atom stereocenters. The van der Waals surface area contributed by atoms with Crippen LogP contribution in [0.1, 0.15) is 83.3 Å². The highest BCUT2D eigenvalue weighted by atomic mass is 16.7. The van der Waals surface area contributed by atoms with E-state index in [9.17, 15) is 4.79 Å². The maximum Gasteiger partial charge on any atom is 0.311 e. The lowest BCUT2D eigenvalue weighted by molar-refractivity contribution is -0.904. The van der Waals surface area contributed by atoms with Gasteiger partial charge < -0.3 is 14.0 Å². The maximum atomic E-state index is 12.7. The smallest absolute Gasteiger partial charge is 0.311 e. The molecule has 4 nitrogen and oxygen atoms in total. The van der Waals surface area contributed by atoms with E-state index in [4.69, 9.17) is 9.47 Å². The van der Waals surface area contributed by atoms with Gasteiger partial charge in [-0.25, -0.2) is 0 Å². The van der Waals surface area contributed by atoms with E-state index in [0.717, 1.165) is 36.2 Å². The molecular weight excluding hydrogens is 434 g/mol. The fraction of sp³-hybridized carbons (Fsp3) is 0.581. The predicted octanol–water partition coefficient (Wildman–Crippen LogP) is 7.55. The first-order chi connectivity index (χ1) is 16.8. The van der Waals surface area contributed by atoms with Crippen LogP contribution in [-0.2, 0) is 22.5 Å². The quantitative estimate of drug-likeness (QED) is 0.101. The number of benzene rings is 2. The molecule has 0 saturated carbocycles. The Balaban J connectivity index is 1.74. The van der Waals surface area contributed by atoms with Gasteiger partial charge in [0, 0.05) is 18.4 Å². The van der Waals surface area contributed by atoms with E-state index < -0.39 is 6.29 Å². The highest BCUT2D eigenvalue weighted by Crippen LogP contribution is 2.19. The Bertz CT molecular complexity index is 832. The number of quaternary nitrogens is 1. The molecule has 0 aliphatic heterocycles. The molecule has 0 amide bonds. The zero-order chi connectivity index (χ0) is 25.5. The summed E-state index contributed by atoms with van der Waals surface area (Å²) in [7, 11) is 4.41. The van der Waals surface area contributed by atoms with Gasteiger partial charge in [-0.15, -0.1) is 0 Å². The molecule has 0 N–H and O–H groups in total. The third kappa shape index (κ3) is 11.8. The van der Waals surface area contributed by atoms with Crippen molar-refractivity contribution in [3.05, 3.63) is 65.7 Å². The molecule has 0 fully saturated rings. The van der Waals surface area contributed by atoms with Crippen LogP contribution in [0.15, 0.2) is 54.6 Å². The van der Waals surface area contributed by atoms with E-state index in [1.165, 1.54) is 49.7 Å². The summed E-state index contributed by atoms with van der Waals surface area (Å²) in [5.74, 6) is 0.404. The SMILES string of the molecule is CCCCCCCCc1ccc(OC(CC)OC(=O)C(C)CC[N+](C)(C)Cc2ccccc2)cc1. The molecule has 2 atom stereocenters. The Morgan fingerprint density at radius 3 is 2.17 bits per heavy atom. The predicted molar refractivity (Wildman–Crippen MR) is 145 cm³/mol. The van der Waals surface area contributed by atoms with Crippen molar-refractivity contribution in [1.29, 1.82) is 0 Å². The molecule has 0 radical (unpaired) electrons. The van der Waals surface area contributed by atoms with Crippen molar-refractivity contribution in [2.45, 2.75) is 91.4 Å². The van der Waals surface area contributed by atoms with Gasteiger partial charge in [-0.05, 0) is 30.5 Å². The van der Waals surface area contributed by atoms with Crippen molar-refractivity contribution >= 4 is 5.97 Å². The van der Waals surface area contributed by atoms with Gasteiger partial charge in [0.25, 0.3) is 0 Å². The van der Waals surface area contributed by atoms with Gasteiger partial charge in [0.05, 0.1) is 26.6 Å². The molecule has 194 valence electrons. The van der Waals surface area contributed by atoms with Crippen LogP contribution in [0.2, 0.25) is 0 Å². The summed E-state index contributed by atoms with van der Waals surface area (Å²) >= 11 is 0. The Labute approximate surface area is 214 Å². The molecule has 35 heavy (non-hydrogen) atoms. The molecule has 0 heterocycles. The molecule has 0 spiro atoms. The molecule has 0 aliphatic rings. The van der Waals surface area contributed by atoms with Crippen molar-refractivity contribution in [2.24, 2.45) is 5.92 Å². The van der Waals surface area contributed by atoms with E-state index in [-0.39, 0.29) is 11.9 Å². The minimum absolute atomic E-state index is 0.166. The minimum Gasteiger partial charge on any atom is -0.455 e. The van der Waals surface area contributed by atoms with Gasteiger partial charge in [-0.2, -0.15) is 0 Å². The van der Waals surface area contributed by atoms with Crippen LogP contribution in [0.3, 0.4) is 0 Å². The summed E-state index contributed by atoms with van der Waals surface area (Å²) in [6, 6.07) is 18.7. The Morgan fingerprint density at radius 1 is 0.857 bits per heavy atom. The normalized spacial score (nSPS) is 13.3. The van der Waals surface area contributed by atoms with Crippen LogP contribution in [0.5, 0.6) is 5.75 Å². The van der Waals surface area contributed by atoms with Gasteiger partial charge >= 0.3 is 5.97 Å². The van der Waals surface area contributed by atoms with Gasteiger partial charge in [-0.1, -0.05) is 95.3 Å². The van der Waals surface area contributed by atoms with Crippen molar-refractivity contribution < 1.29 is 18.8 Å². The number of rotatable bonds is 17. The number of hydrogen-bond donors (Lipinski definition) is 0. The van der Waals surface area contributed by atoms with Crippen LogP contribution in [0, 0.1) is 5.92 Å². The lowest BCUT2D eigenvalue weighted by Crippen LogP contribution is -2.41. The van der Waals surface area contributed by atoms with Crippen molar-refractivity contribution in [3.63, 3.8) is 0 Å². The van der Waals surface area contributed by atoms with Gasteiger partial charge in [0.15, 0.2) is 0 Å². The van der Waals surface area contributed by atoms with Gasteiger partial charge in [0.1, 0.15) is 12.3 Å².